The van der Waals surface area contributed by atoms with E-state index in [2.05, 4.69) is 14.8 Å². The number of nitrogens with zero attached hydrogens (tertiary/aromatic N) is 3. The SMILES string of the molecule is Cc1ncsc1CNS(=O)(=O)c1cnn(-c2ccccc2)c1. The van der Waals surface area contributed by atoms with Crippen LogP contribution in [0.4, 0.5) is 0 Å². The van der Waals surface area contributed by atoms with Crippen molar-refractivity contribution in [3.05, 3.63) is 58.8 Å². The number of thiazole rings is 1. The summed E-state index contributed by atoms with van der Waals surface area (Å²) < 4.78 is 28.7. The molecular formula is C14H14N4O2S2. The third-order valence-corrected chi connectivity index (χ3v) is 5.45. The van der Waals surface area contributed by atoms with E-state index in [0.717, 1.165) is 16.3 Å². The minimum absolute atomic E-state index is 0.138. The van der Waals surface area contributed by atoms with Gasteiger partial charge < -0.3 is 0 Å². The van der Waals surface area contributed by atoms with E-state index in [1.165, 1.54) is 28.4 Å². The number of aryl methyl sites for hydroxylation is 1. The summed E-state index contributed by atoms with van der Waals surface area (Å²) in [4.78, 5) is 5.14. The summed E-state index contributed by atoms with van der Waals surface area (Å²) >= 11 is 1.43. The standard InChI is InChI=1S/C14H14N4O2S2/c1-11-14(21-10-15-11)8-17-22(19,20)13-7-16-18(9-13)12-5-3-2-4-6-12/h2-7,9-10,17H,8H2,1H3. The van der Waals surface area contributed by atoms with Crippen LogP contribution in [0, 0.1) is 6.92 Å². The summed E-state index contributed by atoms with van der Waals surface area (Å²) in [7, 11) is -3.59. The lowest BCUT2D eigenvalue weighted by atomic mass is 10.3. The van der Waals surface area contributed by atoms with Crippen LogP contribution in [0.2, 0.25) is 0 Å². The van der Waals surface area contributed by atoms with E-state index in [0.29, 0.717) is 0 Å². The molecule has 6 nitrogen and oxygen atoms in total. The maximum atomic E-state index is 12.3. The summed E-state index contributed by atoms with van der Waals surface area (Å²) in [6, 6.07) is 9.35. The average molecular weight is 334 g/mol. The van der Waals surface area contributed by atoms with Crippen LogP contribution in [-0.2, 0) is 16.6 Å². The summed E-state index contributed by atoms with van der Waals surface area (Å²) in [6.07, 6.45) is 2.84. The van der Waals surface area contributed by atoms with Gasteiger partial charge >= 0.3 is 0 Å². The first-order chi connectivity index (χ1) is 10.6. The molecule has 0 aliphatic rings. The van der Waals surface area contributed by atoms with Gasteiger partial charge in [0, 0.05) is 11.4 Å². The first-order valence-electron chi connectivity index (χ1n) is 6.55. The lowest BCUT2D eigenvalue weighted by molar-refractivity contribution is 0.581. The molecule has 2 heterocycles. The van der Waals surface area contributed by atoms with Crippen molar-refractivity contribution in [2.24, 2.45) is 0 Å². The molecule has 0 aliphatic heterocycles. The Hall–Kier alpha value is -2.03. The molecule has 3 rings (SSSR count). The maximum Gasteiger partial charge on any atom is 0.244 e. The summed E-state index contributed by atoms with van der Waals surface area (Å²) in [6.45, 7) is 2.09. The molecule has 0 bridgehead atoms. The molecule has 1 aromatic carbocycles. The van der Waals surface area contributed by atoms with Crippen LogP contribution in [0.1, 0.15) is 10.6 Å². The average Bonchev–Trinajstić information content (AvgIpc) is 3.16. The molecule has 0 atom stereocenters. The highest BCUT2D eigenvalue weighted by atomic mass is 32.2. The molecule has 0 unspecified atom stereocenters. The first-order valence-corrected chi connectivity index (χ1v) is 8.91. The number of para-hydroxylation sites is 1. The van der Waals surface area contributed by atoms with E-state index in [-0.39, 0.29) is 11.4 Å². The smallest absolute Gasteiger partial charge is 0.244 e. The number of nitrogens with one attached hydrogen (secondary N) is 1. The summed E-state index contributed by atoms with van der Waals surface area (Å²) in [5, 5.41) is 4.10. The number of rotatable bonds is 5. The third-order valence-electron chi connectivity index (χ3n) is 3.16. The zero-order valence-electron chi connectivity index (χ0n) is 11.8. The number of aromatic nitrogens is 3. The van der Waals surface area contributed by atoms with Gasteiger partial charge in [0.15, 0.2) is 0 Å². The van der Waals surface area contributed by atoms with Crippen molar-refractivity contribution in [3.63, 3.8) is 0 Å². The second kappa shape index (κ2) is 5.99. The van der Waals surface area contributed by atoms with E-state index in [4.69, 9.17) is 0 Å². The predicted octanol–water partition coefficient (Wildman–Crippen LogP) is 2.12. The van der Waals surface area contributed by atoms with Crippen molar-refractivity contribution in [3.8, 4) is 5.69 Å². The van der Waals surface area contributed by atoms with E-state index in [1.807, 2.05) is 37.3 Å². The molecule has 0 fully saturated rings. The predicted molar refractivity (Wildman–Crippen MR) is 84.4 cm³/mol. The van der Waals surface area contributed by atoms with Gasteiger partial charge in [-0.05, 0) is 19.1 Å². The molecule has 114 valence electrons. The third kappa shape index (κ3) is 3.08. The van der Waals surface area contributed by atoms with E-state index >= 15 is 0 Å². The van der Waals surface area contributed by atoms with Crippen LogP contribution < -0.4 is 4.72 Å². The van der Waals surface area contributed by atoms with Crippen LogP contribution in [0.3, 0.4) is 0 Å². The second-order valence-corrected chi connectivity index (χ2v) is 7.35. The largest absolute Gasteiger partial charge is 0.250 e. The van der Waals surface area contributed by atoms with Crippen LogP contribution in [0.5, 0.6) is 0 Å². The van der Waals surface area contributed by atoms with Gasteiger partial charge in [0.05, 0.1) is 29.3 Å². The van der Waals surface area contributed by atoms with E-state index in [9.17, 15) is 8.42 Å². The maximum absolute atomic E-state index is 12.3. The van der Waals surface area contributed by atoms with Crippen molar-refractivity contribution in [1.82, 2.24) is 19.5 Å². The Labute approximate surface area is 132 Å². The van der Waals surface area contributed by atoms with E-state index in [1.54, 1.807) is 5.51 Å². The fourth-order valence-corrected chi connectivity index (χ4v) is 3.64. The minimum atomic E-state index is -3.59. The topological polar surface area (TPSA) is 76.9 Å². The fraction of sp³-hybridized carbons (Fsp3) is 0.143. The molecule has 0 spiro atoms. The molecule has 0 saturated heterocycles. The van der Waals surface area contributed by atoms with Crippen molar-refractivity contribution < 1.29 is 8.42 Å². The van der Waals surface area contributed by atoms with Crippen molar-refractivity contribution in [2.75, 3.05) is 0 Å². The van der Waals surface area contributed by atoms with Gasteiger partial charge in [0.2, 0.25) is 10.0 Å². The van der Waals surface area contributed by atoms with Gasteiger partial charge in [-0.25, -0.2) is 22.8 Å². The molecule has 8 heteroatoms. The quantitative estimate of drug-likeness (QED) is 0.775. The van der Waals surface area contributed by atoms with Crippen LogP contribution in [0.15, 0.2) is 53.1 Å². The Morgan fingerprint density at radius 2 is 2.05 bits per heavy atom. The van der Waals surface area contributed by atoms with Crippen molar-refractivity contribution in [2.45, 2.75) is 18.4 Å². The zero-order chi connectivity index (χ0) is 15.6. The Morgan fingerprint density at radius 3 is 2.73 bits per heavy atom. The number of hydrogen-bond acceptors (Lipinski definition) is 5. The molecule has 1 N–H and O–H groups in total. The van der Waals surface area contributed by atoms with Gasteiger partial charge in [-0.3, -0.25) is 0 Å². The monoisotopic (exact) mass is 334 g/mol. The lowest BCUT2D eigenvalue weighted by Gasteiger charge is -2.03. The summed E-state index contributed by atoms with van der Waals surface area (Å²) in [5.74, 6) is 0. The van der Waals surface area contributed by atoms with E-state index < -0.39 is 10.0 Å². The first kappa shape index (κ1) is 14.9. The molecule has 0 amide bonds. The molecule has 0 radical (unpaired) electrons. The van der Waals surface area contributed by atoms with Gasteiger partial charge in [-0.1, -0.05) is 18.2 Å². The molecule has 22 heavy (non-hydrogen) atoms. The Bertz CT molecular complexity index is 869. The highest BCUT2D eigenvalue weighted by Crippen LogP contribution is 2.15. The summed E-state index contributed by atoms with van der Waals surface area (Å²) in [5.41, 5.74) is 3.35. The van der Waals surface area contributed by atoms with Gasteiger partial charge in [-0.2, -0.15) is 5.10 Å². The van der Waals surface area contributed by atoms with Crippen molar-refractivity contribution in [1.29, 1.82) is 0 Å². The Kier molecular flexibility index (Phi) is 4.06. The molecule has 0 saturated carbocycles. The molecule has 0 aliphatic carbocycles. The normalized spacial score (nSPS) is 11.7. The minimum Gasteiger partial charge on any atom is -0.250 e. The molecular weight excluding hydrogens is 320 g/mol. The fourth-order valence-electron chi connectivity index (χ4n) is 1.91. The molecule has 2 aromatic heterocycles. The van der Waals surface area contributed by atoms with Crippen LogP contribution in [-0.4, -0.2) is 23.2 Å². The van der Waals surface area contributed by atoms with Crippen molar-refractivity contribution >= 4 is 21.4 Å². The number of hydrogen-bond donors (Lipinski definition) is 1. The lowest BCUT2D eigenvalue weighted by Crippen LogP contribution is -2.22. The highest BCUT2D eigenvalue weighted by molar-refractivity contribution is 7.89. The Morgan fingerprint density at radius 1 is 1.27 bits per heavy atom. The van der Waals surface area contributed by atoms with Crippen LogP contribution in [0.25, 0.3) is 5.69 Å². The molecule has 3 aromatic rings. The van der Waals surface area contributed by atoms with Gasteiger partial charge in [0.1, 0.15) is 4.90 Å². The van der Waals surface area contributed by atoms with Gasteiger partial charge in [-0.15, -0.1) is 11.3 Å². The Balaban J connectivity index is 1.78. The van der Waals surface area contributed by atoms with Gasteiger partial charge in [0.25, 0.3) is 0 Å². The number of sulfonamides is 1. The highest BCUT2D eigenvalue weighted by Gasteiger charge is 2.17. The number of benzene rings is 1. The van der Waals surface area contributed by atoms with Crippen LogP contribution >= 0.6 is 11.3 Å². The zero-order valence-corrected chi connectivity index (χ0v) is 13.4. The second-order valence-electron chi connectivity index (χ2n) is 4.64.